The number of para-hydroxylation sites is 1. The Morgan fingerprint density at radius 3 is 2.81 bits per heavy atom. The lowest BCUT2D eigenvalue weighted by molar-refractivity contribution is 0.0693. The van der Waals surface area contributed by atoms with Crippen LogP contribution in [0.25, 0.3) is 16.7 Å². The summed E-state index contributed by atoms with van der Waals surface area (Å²) in [6.45, 7) is 1.99. The van der Waals surface area contributed by atoms with Crippen molar-refractivity contribution in [2.75, 3.05) is 5.75 Å². The summed E-state index contributed by atoms with van der Waals surface area (Å²) in [6, 6.07) is 12.9. The van der Waals surface area contributed by atoms with Gasteiger partial charge in [-0.1, -0.05) is 30.3 Å². The third-order valence-corrected chi connectivity index (χ3v) is 4.04. The third-order valence-electron chi connectivity index (χ3n) is 3.10. The number of carbonyl (C=O) groups is 1. The molecule has 0 bridgehead atoms. The van der Waals surface area contributed by atoms with Gasteiger partial charge >= 0.3 is 5.97 Å². The SMILES string of the molecule is CCSc1cccc(-n2nnc3ccccc32)c1C(=O)O. The number of fused-ring (bicyclic) bond motifs is 1. The Morgan fingerprint density at radius 1 is 1.24 bits per heavy atom. The number of aromatic carboxylic acids is 1. The summed E-state index contributed by atoms with van der Waals surface area (Å²) in [5.41, 5.74) is 2.33. The molecule has 0 fully saturated rings. The predicted octanol–water partition coefficient (Wildman–Crippen LogP) is 3.23. The molecule has 0 aliphatic heterocycles. The zero-order chi connectivity index (χ0) is 14.8. The minimum absolute atomic E-state index is 0.264. The van der Waals surface area contributed by atoms with Crippen LogP contribution in [0.1, 0.15) is 17.3 Å². The van der Waals surface area contributed by atoms with Crippen LogP contribution in [0.3, 0.4) is 0 Å². The largest absolute Gasteiger partial charge is 0.478 e. The zero-order valence-electron chi connectivity index (χ0n) is 11.4. The van der Waals surface area contributed by atoms with E-state index in [0.717, 1.165) is 21.7 Å². The molecule has 0 saturated heterocycles. The van der Waals surface area contributed by atoms with Crippen LogP contribution in [-0.2, 0) is 0 Å². The van der Waals surface area contributed by atoms with Gasteiger partial charge in [0.05, 0.1) is 16.8 Å². The van der Waals surface area contributed by atoms with E-state index in [1.165, 1.54) is 11.8 Å². The zero-order valence-corrected chi connectivity index (χ0v) is 12.2. The Balaban J connectivity index is 2.27. The van der Waals surface area contributed by atoms with Crippen molar-refractivity contribution in [2.45, 2.75) is 11.8 Å². The van der Waals surface area contributed by atoms with Crippen molar-refractivity contribution in [3.05, 3.63) is 48.0 Å². The van der Waals surface area contributed by atoms with Crippen LogP contribution in [0, 0.1) is 0 Å². The maximum Gasteiger partial charge on any atom is 0.339 e. The van der Waals surface area contributed by atoms with Gasteiger partial charge in [0, 0.05) is 4.90 Å². The van der Waals surface area contributed by atoms with Gasteiger partial charge in [0.2, 0.25) is 0 Å². The molecule has 106 valence electrons. The Bertz CT molecular complexity index is 814. The molecule has 0 aliphatic carbocycles. The maximum atomic E-state index is 11.7. The first-order chi connectivity index (χ1) is 10.2. The summed E-state index contributed by atoms with van der Waals surface area (Å²) in [5, 5.41) is 17.8. The van der Waals surface area contributed by atoms with Gasteiger partial charge in [-0.3, -0.25) is 0 Å². The van der Waals surface area contributed by atoms with Gasteiger partial charge in [0.1, 0.15) is 5.52 Å². The highest BCUT2D eigenvalue weighted by Gasteiger charge is 2.19. The molecule has 1 N–H and O–H groups in total. The lowest BCUT2D eigenvalue weighted by Gasteiger charge is -2.10. The Morgan fingerprint density at radius 2 is 2.05 bits per heavy atom. The van der Waals surface area contributed by atoms with Crippen LogP contribution < -0.4 is 0 Å². The molecule has 1 aromatic heterocycles. The highest BCUT2D eigenvalue weighted by atomic mass is 32.2. The normalized spacial score (nSPS) is 10.9. The van der Waals surface area contributed by atoms with Crippen molar-refractivity contribution < 1.29 is 9.90 Å². The van der Waals surface area contributed by atoms with Gasteiger partial charge in [0.25, 0.3) is 0 Å². The number of nitrogens with zero attached hydrogens (tertiary/aromatic N) is 3. The molecule has 0 amide bonds. The monoisotopic (exact) mass is 299 g/mol. The summed E-state index contributed by atoms with van der Waals surface area (Å²) in [5.74, 6) is -0.150. The van der Waals surface area contributed by atoms with Crippen molar-refractivity contribution in [2.24, 2.45) is 0 Å². The van der Waals surface area contributed by atoms with Crippen LogP contribution in [-0.4, -0.2) is 31.8 Å². The van der Waals surface area contributed by atoms with E-state index in [1.54, 1.807) is 10.7 Å². The van der Waals surface area contributed by atoms with Gasteiger partial charge in [0.15, 0.2) is 0 Å². The van der Waals surface area contributed by atoms with Gasteiger partial charge in [-0.05, 0) is 30.0 Å². The second-order valence-electron chi connectivity index (χ2n) is 4.38. The third kappa shape index (κ3) is 2.38. The van der Waals surface area contributed by atoms with E-state index < -0.39 is 5.97 Å². The molecule has 0 atom stereocenters. The van der Waals surface area contributed by atoms with Gasteiger partial charge in [-0.15, -0.1) is 16.9 Å². The van der Waals surface area contributed by atoms with Crippen LogP contribution >= 0.6 is 11.8 Å². The van der Waals surface area contributed by atoms with Crippen molar-refractivity contribution >= 4 is 28.8 Å². The number of hydrogen-bond acceptors (Lipinski definition) is 4. The summed E-state index contributed by atoms with van der Waals surface area (Å²) < 4.78 is 1.58. The van der Waals surface area contributed by atoms with E-state index in [2.05, 4.69) is 10.3 Å². The van der Waals surface area contributed by atoms with Crippen LogP contribution in [0.2, 0.25) is 0 Å². The molecule has 3 rings (SSSR count). The van der Waals surface area contributed by atoms with Crippen molar-refractivity contribution in [3.63, 3.8) is 0 Å². The number of thioether (sulfide) groups is 1. The van der Waals surface area contributed by atoms with E-state index in [0.29, 0.717) is 5.69 Å². The molecule has 5 nitrogen and oxygen atoms in total. The fourth-order valence-corrected chi connectivity index (χ4v) is 3.06. The molecular weight excluding hydrogens is 286 g/mol. The smallest absolute Gasteiger partial charge is 0.339 e. The van der Waals surface area contributed by atoms with Crippen molar-refractivity contribution in [3.8, 4) is 5.69 Å². The van der Waals surface area contributed by atoms with Gasteiger partial charge in [-0.2, -0.15) is 0 Å². The topological polar surface area (TPSA) is 68.0 Å². The fourth-order valence-electron chi connectivity index (χ4n) is 2.23. The summed E-state index contributed by atoms with van der Waals surface area (Å²) >= 11 is 1.50. The van der Waals surface area contributed by atoms with E-state index in [9.17, 15) is 9.90 Å². The first kappa shape index (κ1) is 13.6. The van der Waals surface area contributed by atoms with E-state index in [1.807, 2.05) is 43.3 Å². The highest BCUT2D eigenvalue weighted by molar-refractivity contribution is 7.99. The highest BCUT2D eigenvalue weighted by Crippen LogP contribution is 2.28. The predicted molar refractivity (Wildman–Crippen MR) is 82.2 cm³/mol. The van der Waals surface area contributed by atoms with Crippen LogP contribution in [0.4, 0.5) is 0 Å². The summed E-state index contributed by atoms with van der Waals surface area (Å²) in [7, 11) is 0. The number of benzene rings is 2. The second-order valence-corrected chi connectivity index (χ2v) is 5.68. The standard InChI is InChI=1S/C15H13N3O2S/c1-2-21-13-9-5-8-12(14(13)15(19)20)18-11-7-4-3-6-10(11)16-17-18/h3-9H,2H2,1H3,(H,19,20). The molecule has 21 heavy (non-hydrogen) atoms. The average molecular weight is 299 g/mol. The molecule has 3 aromatic rings. The number of hydrogen-bond donors (Lipinski definition) is 1. The van der Waals surface area contributed by atoms with Crippen LogP contribution in [0.15, 0.2) is 47.4 Å². The first-order valence-corrected chi connectivity index (χ1v) is 7.51. The number of aromatic nitrogens is 3. The van der Waals surface area contributed by atoms with E-state index in [-0.39, 0.29) is 5.56 Å². The lowest BCUT2D eigenvalue weighted by atomic mass is 10.1. The van der Waals surface area contributed by atoms with Crippen molar-refractivity contribution in [1.82, 2.24) is 15.0 Å². The summed E-state index contributed by atoms with van der Waals surface area (Å²) in [6.07, 6.45) is 0. The second kappa shape index (κ2) is 5.57. The minimum atomic E-state index is -0.957. The molecule has 1 heterocycles. The fraction of sp³-hybridized carbons (Fsp3) is 0.133. The number of carboxylic acid groups (broad SMARTS) is 1. The molecule has 6 heteroatoms. The maximum absolute atomic E-state index is 11.7. The number of carboxylic acids is 1. The minimum Gasteiger partial charge on any atom is -0.478 e. The van der Waals surface area contributed by atoms with Crippen molar-refractivity contribution in [1.29, 1.82) is 0 Å². The van der Waals surface area contributed by atoms with Gasteiger partial charge < -0.3 is 5.11 Å². The summed E-state index contributed by atoms with van der Waals surface area (Å²) in [4.78, 5) is 12.4. The molecule has 0 aliphatic rings. The van der Waals surface area contributed by atoms with E-state index in [4.69, 9.17) is 0 Å². The molecular formula is C15H13N3O2S. The number of rotatable bonds is 4. The van der Waals surface area contributed by atoms with Gasteiger partial charge in [-0.25, -0.2) is 9.48 Å². The molecule has 0 radical (unpaired) electrons. The quantitative estimate of drug-likeness (QED) is 0.749. The lowest BCUT2D eigenvalue weighted by Crippen LogP contribution is -2.08. The Hall–Kier alpha value is -2.34. The molecule has 0 spiro atoms. The Kier molecular flexibility index (Phi) is 3.62. The first-order valence-electron chi connectivity index (χ1n) is 6.52. The molecule has 0 saturated carbocycles. The molecule has 0 unspecified atom stereocenters. The molecule has 2 aromatic carbocycles. The van der Waals surface area contributed by atoms with Crippen LogP contribution in [0.5, 0.6) is 0 Å². The Labute approximate surface area is 125 Å². The average Bonchev–Trinajstić information content (AvgIpc) is 2.91. The van der Waals surface area contributed by atoms with E-state index >= 15 is 0 Å².